The number of aliphatic carboxylic acids is 1. The molecule has 2 rings (SSSR count). The second kappa shape index (κ2) is 5.34. The molecule has 2 aliphatic heterocycles. The topological polar surface area (TPSA) is 97.2 Å². The van der Waals surface area contributed by atoms with Gasteiger partial charge in [-0.3, -0.25) is 4.79 Å². The van der Waals surface area contributed by atoms with Gasteiger partial charge in [-0.2, -0.15) is 0 Å². The maximum atomic E-state index is 11.8. The third-order valence-electron chi connectivity index (χ3n) is 3.10. The minimum atomic E-state index is -1.16. The molecule has 0 aromatic carbocycles. The van der Waals surface area contributed by atoms with E-state index in [2.05, 4.69) is 10.5 Å². The van der Waals surface area contributed by atoms with Gasteiger partial charge in [-0.25, -0.2) is 4.79 Å². The second-order valence-corrected chi connectivity index (χ2v) is 4.49. The van der Waals surface area contributed by atoms with Crippen LogP contribution in [0.3, 0.4) is 0 Å². The molecule has 1 fully saturated rings. The predicted octanol–water partition coefficient (Wildman–Crippen LogP) is -0.100. The highest BCUT2D eigenvalue weighted by molar-refractivity contribution is 6.36. The number of carbonyl (C=O) groups excluding carboxylic acids is 1. The third-order valence-corrected chi connectivity index (χ3v) is 3.10. The predicted molar refractivity (Wildman–Crippen MR) is 61.1 cm³/mol. The average Bonchev–Trinajstić information content (AvgIpc) is 3.00. The molecule has 18 heavy (non-hydrogen) atoms. The van der Waals surface area contributed by atoms with Crippen LogP contribution in [0.5, 0.6) is 0 Å². The minimum Gasteiger partial charge on any atom is -0.477 e. The van der Waals surface area contributed by atoms with E-state index in [1.54, 1.807) is 0 Å². The van der Waals surface area contributed by atoms with E-state index in [0.29, 0.717) is 0 Å². The van der Waals surface area contributed by atoms with Crippen molar-refractivity contribution in [3.63, 3.8) is 0 Å². The van der Waals surface area contributed by atoms with E-state index in [9.17, 15) is 9.59 Å². The Morgan fingerprint density at radius 3 is 2.89 bits per heavy atom. The van der Waals surface area contributed by atoms with Crippen LogP contribution in [0.2, 0.25) is 0 Å². The summed E-state index contributed by atoms with van der Waals surface area (Å²) in [6, 6.07) is -0.113. The summed E-state index contributed by atoms with van der Waals surface area (Å²) in [7, 11) is 0. The number of carboxylic acids is 1. The fourth-order valence-corrected chi connectivity index (χ4v) is 2.05. The maximum absolute atomic E-state index is 11.8. The molecule has 3 unspecified atom stereocenters. The number of carbonyl (C=O) groups is 2. The summed E-state index contributed by atoms with van der Waals surface area (Å²) < 4.78 is 5.46. The second-order valence-electron chi connectivity index (χ2n) is 4.49. The van der Waals surface area contributed by atoms with Gasteiger partial charge in [0.15, 0.2) is 5.71 Å². The molecule has 0 bridgehead atoms. The summed E-state index contributed by atoms with van der Waals surface area (Å²) >= 11 is 0. The Kier molecular flexibility index (Phi) is 3.81. The van der Waals surface area contributed by atoms with Crippen molar-refractivity contribution < 1.29 is 24.3 Å². The molecule has 2 aliphatic rings. The molecule has 100 valence electrons. The smallest absolute Gasteiger partial charge is 0.353 e. The number of nitrogens with one attached hydrogen (secondary N) is 1. The van der Waals surface area contributed by atoms with Crippen LogP contribution in [-0.4, -0.2) is 47.6 Å². The zero-order valence-electron chi connectivity index (χ0n) is 10.1. The van der Waals surface area contributed by atoms with Crippen LogP contribution in [0.15, 0.2) is 5.16 Å². The van der Waals surface area contributed by atoms with Gasteiger partial charge in [0.25, 0.3) is 5.91 Å². The van der Waals surface area contributed by atoms with Crippen molar-refractivity contribution in [3.05, 3.63) is 0 Å². The van der Waals surface area contributed by atoms with Gasteiger partial charge in [0.05, 0.1) is 12.1 Å². The van der Waals surface area contributed by atoms with Crippen molar-refractivity contribution in [2.75, 3.05) is 6.61 Å². The van der Waals surface area contributed by atoms with Crippen LogP contribution in [0, 0.1) is 0 Å². The SMILES string of the molecule is CC(NC(=O)C1CC(C(=O)O)=NO1)C1CCCO1. The molecular formula is C11H16N2O5. The molecular weight excluding hydrogens is 240 g/mol. The minimum absolute atomic E-state index is 0.000585. The number of carboxylic acid groups (broad SMARTS) is 1. The van der Waals surface area contributed by atoms with E-state index in [4.69, 9.17) is 14.7 Å². The van der Waals surface area contributed by atoms with Crippen LogP contribution in [0.4, 0.5) is 0 Å². The summed E-state index contributed by atoms with van der Waals surface area (Å²) in [5, 5.41) is 14.8. The molecule has 3 atom stereocenters. The Balaban J connectivity index is 1.80. The number of hydrogen-bond acceptors (Lipinski definition) is 5. The van der Waals surface area contributed by atoms with E-state index < -0.39 is 12.1 Å². The molecule has 0 saturated carbocycles. The third kappa shape index (κ3) is 2.79. The normalized spacial score (nSPS) is 28.4. The quantitative estimate of drug-likeness (QED) is 0.732. The first kappa shape index (κ1) is 12.8. The van der Waals surface area contributed by atoms with Crippen molar-refractivity contribution >= 4 is 17.6 Å². The molecule has 0 aliphatic carbocycles. The summed E-state index contributed by atoms with van der Waals surface area (Å²) in [6.45, 7) is 2.58. The number of rotatable bonds is 4. The first-order valence-corrected chi connectivity index (χ1v) is 5.96. The number of amides is 1. The Labute approximate surface area is 104 Å². The summed E-state index contributed by atoms with van der Waals surface area (Å²) in [4.78, 5) is 27.3. The summed E-state index contributed by atoms with van der Waals surface area (Å²) in [6.07, 6.45) is 1.09. The number of oxime groups is 1. The fraction of sp³-hybridized carbons (Fsp3) is 0.727. The molecule has 2 heterocycles. The zero-order chi connectivity index (χ0) is 13.1. The molecule has 1 amide bonds. The lowest BCUT2D eigenvalue weighted by Gasteiger charge is -2.21. The van der Waals surface area contributed by atoms with Crippen LogP contribution in [-0.2, 0) is 19.2 Å². The monoisotopic (exact) mass is 256 g/mol. The zero-order valence-corrected chi connectivity index (χ0v) is 10.1. The summed E-state index contributed by atoms with van der Waals surface area (Å²) in [5.41, 5.74) is -0.125. The Bertz CT molecular complexity index is 376. The van der Waals surface area contributed by atoms with Crippen LogP contribution >= 0.6 is 0 Å². The van der Waals surface area contributed by atoms with Crippen LogP contribution in [0.25, 0.3) is 0 Å². The highest BCUT2D eigenvalue weighted by atomic mass is 16.6. The van der Waals surface area contributed by atoms with Gasteiger partial charge in [-0.15, -0.1) is 0 Å². The van der Waals surface area contributed by atoms with Gasteiger partial charge in [0.1, 0.15) is 0 Å². The van der Waals surface area contributed by atoms with Crippen molar-refractivity contribution in [2.45, 2.75) is 44.4 Å². The van der Waals surface area contributed by atoms with Gasteiger partial charge in [-0.05, 0) is 19.8 Å². The first-order chi connectivity index (χ1) is 8.58. The van der Waals surface area contributed by atoms with E-state index in [1.807, 2.05) is 6.92 Å². The first-order valence-electron chi connectivity index (χ1n) is 5.96. The van der Waals surface area contributed by atoms with E-state index in [1.165, 1.54) is 0 Å². The van der Waals surface area contributed by atoms with Gasteiger partial charge in [0.2, 0.25) is 6.10 Å². The van der Waals surface area contributed by atoms with Crippen LogP contribution in [0.1, 0.15) is 26.2 Å². The average molecular weight is 256 g/mol. The Hall–Kier alpha value is -1.63. The lowest BCUT2D eigenvalue weighted by atomic mass is 10.1. The largest absolute Gasteiger partial charge is 0.477 e. The summed E-state index contributed by atoms with van der Waals surface area (Å²) in [5.74, 6) is -1.50. The number of nitrogens with zero attached hydrogens (tertiary/aromatic N) is 1. The van der Waals surface area contributed by atoms with E-state index in [0.717, 1.165) is 19.4 Å². The molecule has 2 N–H and O–H groups in total. The lowest BCUT2D eigenvalue weighted by molar-refractivity contribution is -0.132. The van der Waals surface area contributed by atoms with Crippen LogP contribution < -0.4 is 5.32 Å². The molecule has 0 aromatic heterocycles. The molecule has 7 nitrogen and oxygen atoms in total. The fourth-order valence-electron chi connectivity index (χ4n) is 2.05. The van der Waals surface area contributed by atoms with Crippen molar-refractivity contribution in [2.24, 2.45) is 5.16 Å². The highest BCUT2D eigenvalue weighted by Gasteiger charge is 2.33. The van der Waals surface area contributed by atoms with Gasteiger partial charge in [0, 0.05) is 13.0 Å². The molecule has 0 aromatic rings. The Morgan fingerprint density at radius 1 is 1.56 bits per heavy atom. The highest BCUT2D eigenvalue weighted by Crippen LogP contribution is 2.16. The van der Waals surface area contributed by atoms with Crippen molar-refractivity contribution in [1.82, 2.24) is 5.32 Å². The van der Waals surface area contributed by atoms with Crippen molar-refractivity contribution in [1.29, 1.82) is 0 Å². The number of hydrogen-bond donors (Lipinski definition) is 2. The number of ether oxygens (including phenoxy) is 1. The molecule has 0 radical (unpaired) electrons. The van der Waals surface area contributed by atoms with E-state index in [-0.39, 0.29) is 30.2 Å². The Morgan fingerprint density at radius 2 is 2.33 bits per heavy atom. The van der Waals surface area contributed by atoms with Gasteiger partial charge >= 0.3 is 5.97 Å². The molecule has 0 spiro atoms. The maximum Gasteiger partial charge on any atom is 0.353 e. The van der Waals surface area contributed by atoms with Gasteiger partial charge in [-0.1, -0.05) is 5.16 Å². The molecule has 1 saturated heterocycles. The molecule has 7 heteroatoms. The van der Waals surface area contributed by atoms with E-state index >= 15 is 0 Å². The van der Waals surface area contributed by atoms with Crippen molar-refractivity contribution in [3.8, 4) is 0 Å². The van der Waals surface area contributed by atoms with Gasteiger partial charge < -0.3 is 20.0 Å². The standard InChI is InChI=1S/C11H16N2O5/c1-6(8-3-2-4-17-8)12-10(14)9-5-7(11(15)16)13-18-9/h6,8-9H,2-5H2,1H3,(H,12,14)(H,15,16). The lowest BCUT2D eigenvalue weighted by Crippen LogP contribution is -2.45.